The Kier molecular flexibility index (Phi) is 7.44. The van der Waals surface area contributed by atoms with E-state index in [1.54, 1.807) is 18.5 Å². The van der Waals surface area contributed by atoms with Crippen LogP contribution >= 0.6 is 22.9 Å². The molecular weight excluding hydrogens is 456 g/mol. The van der Waals surface area contributed by atoms with E-state index in [-0.39, 0.29) is 10.9 Å². The van der Waals surface area contributed by atoms with Crippen LogP contribution in [0.3, 0.4) is 0 Å². The summed E-state index contributed by atoms with van der Waals surface area (Å²) < 4.78 is 5.78. The third-order valence-electron chi connectivity index (χ3n) is 4.73. The summed E-state index contributed by atoms with van der Waals surface area (Å²) in [6.07, 6.45) is 5.25. The van der Waals surface area contributed by atoms with Gasteiger partial charge in [0, 0.05) is 18.9 Å². The number of nitrogens with zero attached hydrogens (tertiary/aromatic N) is 3. The minimum Gasteiger partial charge on any atom is -0.489 e. The minimum absolute atomic E-state index is 0.267. The first kappa shape index (κ1) is 22.6. The zero-order chi connectivity index (χ0) is 23.0. The van der Waals surface area contributed by atoms with Crippen LogP contribution in [0.4, 0.5) is 0 Å². The van der Waals surface area contributed by atoms with Gasteiger partial charge in [0.1, 0.15) is 12.4 Å². The number of benzene rings is 2. The number of nitrogens with one attached hydrogen (secondary N) is 1. The van der Waals surface area contributed by atoms with Gasteiger partial charge in [0.2, 0.25) is 5.01 Å². The van der Waals surface area contributed by atoms with Crippen LogP contribution in [0.5, 0.6) is 5.75 Å². The van der Waals surface area contributed by atoms with Crippen LogP contribution in [0.2, 0.25) is 0 Å². The normalized spacial score (nSPS) is 11.3. The van der Waals surface area contributed by atoms with Crippen molar-refractivity contribution in [3.05, 3.63) is 105 Å². The Labute approximate surface area is 200 Å². The van der Waals surface area contributed by atoms with E-state index in [9.17, 15) is 4.79 Å². The standard InChI is InChI=1S/C25H21ClN4O2S/c1-17-2-4-19(5-3-17)15-28-23(31)25-30-29-24(33-25)22(26)14-18-6-8-21(9-7-18)32-16-20-10-12-27-13-11-20/h2-14H,15-16H2,1H3,(H,28,31)/b22-14-. The molecule has 0 atom stereocenters. The summed E-state index contributed by atoms with van der Waals surface area (Å²) in [6.45, 7) is 2.92. The zero-order valence-electron chi connectivity index (χ0n) is 17.9. The number of hydrogen-bond donors (Lipinski definition) is 1. The summed E-state index contributed by atoms with van der Waals surface area (Å²) in [4.78, 5) is 16.4. The number of pyridine rings is 1. The number of aryl methyl sites for hydroxylation is 1. The van der Waals surface area contributed by atoms with E-state index in [1.165, 1.54) is 5.56 Å². The maximum Gasteiger partial charge on any atom is 0.282 e. The molecule has 0 saturated carbocycles. The molecule has 0 aliphatic carbocycles. The fourth-order valence-electron chi connectivity index (χ4n) is 2.89. The number of hydrogen-bond acceptors (Lipinski definition) is 6. The van der Waals surface area contributed by atoms with Crippen molar-refractivity contribution in [1.29, 1.82) is 0 Å². The summed E-state index contributed by atoms with van der Waals surface area (Å²) in [6, 6.07) is 19.4. The van der Waals surface area contributed by atoms with Gasteiger partial charge in [0.25, 0.3) is 5.91 Å². The third kappa shape index (κ3) is 6.47. The van der Waals surface area contributed by atoms with Crippen molar-refractivity contribution in [1.82, 2.24) is 20.5 Å². The third-order valence-corrected chi connectivity index (χ3v) is 6.08. The van der Waals surface area contributed by atoms with Gasteiger partial charge in [-0.3, -0.25) is 9.78 Å². The van der Waals surface area contributed by atoms with Gasteiger partial charge in [-0.25, -0.2) is 0 Å². The Bertz CT molecular complexity index is 1240. The molecule has 2 aromatic heterocycles. The fraction of sp³-hybridized carbons (Fsp3) is 0.120. The zero-order valence-corrected chi connectivity index (χ0v) is 19.4. The van der Waals surface area contributed by atoms with E-state index in [0.717, 1.165) is 33.8 Å². The van der Waals surface area contributed by atoms with Crippen molar-refractivity contribution >= 4 is 40.0 Å². The Hall–Kier alpha value is -3.55. The van der Waals surface area contributed by atoms with E-state index >= 15 is 0 Å². The second-order valence-electron chi connectivity index (χ2n) is 7.29. The molecule has 4 rings (SSSR count). The van der Waals surface area contributed by atoms with Crippen LogP contribution in [0, 0.1) is 6.92 Å². The molecule has 6 nitrogen and oxygen atoms in total. The number of aromatic nitrogens is 3. The number of carbonyl (C=O) groups excluding carboxylic acids is 1. The molecule has 1 N–H and O–H groups in total. The molecule has 8 heteroatoms. The van der Waals surface area contributed by atoms with Gasteiger partial charge in [0.15, 0.2) is 5.01 Å². The summed E-state index contributed by atoms with van der Waals surface area (Å²) in [5, 5.41) is 12.1. The largest absolute Gasteiger partial charge is 0.489 e. The van der Waals surface area contributed by atoms with Crippen molar-refractivity contribution < 1.29 is 9.53 Å². The summed E-state index contributed by atoms with van der Waals surface area (Å²) in [5.74, 6) is 0.475. The van der Waals surface area contributed by atoms with E-state index in [0.29, 0.717) is 23.2 Å². The molecule has 0 aliphatic heterocycles. The topological polar surface area (TPSA) is 77.0 Å². The van der Waals surface area contributed by atoms with E-state index in [4.69, 9.17) is 16.3 Å². The number of rotatable bonds is 8. The average molecular weight is 477 g/mol. The van der Waals surface area contributed by atoms with Gasteiger partial charge in [-0.1, -0.05) is 64.9 Å². The second-order valence-corrected chi connectivity index (χ2v) is 8.67. The Morgan fingerprint density at radius 3 is 2.39 bits per heavy atom. The van der Waals surface area contributed by atoms with Crippen LogP contribution in [0.1, 0.15) is 37.1 Å². The molecule has 2 heterocycles. The monoisotopic (exact) mass is 476 g/mol. The molecule has 2 aromatic carbocycles. The molecule has 33 heavy (non-hydrogen) atoms. The molecule has 4 aromatic rings. The molecule has 0 bridgehead atoms. The van der Waals surface area contributed by atoms with E-state index < -0.39 is 0 Å². The molecule has 0 fully saturated rings. The quantitative estimate of drug-likeness (QED) is 0.364. The smallest absolute Gasteiger partial charge is 0.282 e. The van der Waals surface area contributed by atoms with Crippen molar-refractivity contribution in [3.8, 4) is 5.75 Å². The lowest BCUT2D eigenvalue weighted by Gasteiger charge is -2.06. The number of halogens is 1. The highest BCUT2D eigenvalue weighted by atomic mass is 35.5. The summed E-state index contributed by atoms with van der Waals surface area (Å²) >= 11 is 7.58. The second kappa shape index (κ2) is 10.8. The Morgan fingerprint density at radius 1 is 0.970 bits per heavy atom. The number of ether oxygens (including phenoxy) is 1. The Morgan fingerprint density at radius 2 is 1.67 bits per heavy atom. The highest BCUT2D eigenvalue weighted by Crippen LogP contribution is 2.26. The van der Waals surface area contributed by atoms with Gasteiger partial charge in [-0.15, -0.1) is 10.2 Å². The van der Waals surface area contributed by atoms with Crippen LogP contribution < -0.4 is 10.1 Å². The van der Waals surface area contributed by atoms with Gasteiger partial charge in [-0.2, -0.15) is 0 Å². The molecular formula is C25H21ClN4O2S. The Balaban J connectivity index is 1.34. The first-order valence-electron chi connectivity index (χ1n) is 10.2. The molecule has 0 spiro atoms. The minimum atomic E-state index is -0.278. The average Bonchev–Trinajstić information content (AvgIpc) is 3.34. The highest BCUT2D eigenvalue weighted by Gasteiger charge is 2.14. The lowest BCUT2D eigenvalue weighted by atomic mass is 10.1. The molecule has 0 saturated heterocycles. The van der Waals surface area contributed by atoms with Crippen molar-refractivity contribution in [3.63, 3.8) is 0 Å². The maximum atomic E-state index is 12.4. The number of amides is 1. The molecule has 0 unspecified atom stereocenters. The number of carbonyl (C=O) groups is 1. The molecule has 0 aliphatic rings. The predicted octanol–water partition coefficient (Wildman–Crippen LogP) is 5.49. The predicted molar refractivity (Wildman–Crippen MR) is 131 cm³/mol. The lowest BCUT2D eigenvalue weighted by molar-refractivity contribution is 0.0950. The molecule has 0 radical (unpaired) electrons. The van der Waals surface area contributed by atoms with Crippen LogP contribution in [0.25, 0.3) is 11.1 Å². The summed E-state index contributed by atoms with van der Waals surface area (Å²) in [7, 11) is 0. The SMILES string of the molecule is Cc1ccc(CNC(=O)c2nnc(/C(Cl)=C/c3ccc(OCc4ccncc4)cc3)s2)cc1. The van der Waals surface area contributed by atoms with Crippen LogP contribution in [0.15, 0.2) is 73.1 Å². The van der Waals surface area contributed by atoms with E-state index in [2.05, 4.69) is 20.5 Å². The van der Waals surface area contributed by atoms with Gasteiger partial charge >= 0.3 is 0 Å². The maximum absolute atomic E-state index is 12.4. The molecule has 166 valence electrons. The van der Waals surface area contributed by atoms with Gasteiger partial charge < -0.3 is 10.1 Å². The lowest BCUT2D eigenvalue weighted by Crippen LogP contribution is -2.22. The van der Waals surface area contributed by atoms with Crippen molar-refractivity contribution in [2.24, 2.45) is 0 Å². The van der Waals surface area contributed by atoms with Gasteiger partial charge in [-0.05, 0) is 54.0 Å². The first-order valence-corrected chi connectivity index (χ1v) is 11.4. The highest BCUT2D eigenvalue weighted by molar-refractivity contribution is 7.15. The van der Waals surface area contributed by atoms with Crippen LogP contribution in [-0.2, 0) is 13.2 Å². The van der Waals surface area contributed by atoms with Crippen molar-refractivity contribution in [2.75, 3.05) is 0 Å². The van der Waals surface area contributed by atoms with E-state index in [1.807, 2.05) is 67.6 Å². The fourth-order valence-corrected chi connectivity index (χ4v) is 3.84. The summed E-state index contributed by atoms with van der Waals surface area (Å²) in [5.41, 5.74) is 4.13. The van der Waals surface area contributed by atoms with Gasteiger partial charge in [0.05, 0.1) is 5.03 Å². The van der Waals surface area contributed by atoms with Crippen LogP contribution in [-0.4, -0.2) is 21.1 Å². The van der Waals surface area contributed by atoms with Crippen molar-refractivity contribution in [2.45, 2.75) is 20.1 Å². The molecule has 1 amide bonds. The first-order chi connectivity index (χ1) is 16.1.